The highest BCUT2D eigenvalue weighted by atomic mass is 35.5. The number of anilines is 1. The highest BCUT2D eigenvalue weighted by Gasteiger charge is 2.52. The molecule has 13 heteroatoms. The third-order valence-electron chi connectivity index (χ3n) is 9.15. The number of aromatic nitrogens is 2. The number of halogens is 2. The molecule has 10 nitrogen and oxygen atoms in total. The first kappa shape index (κ1) is 29.7. The molecule has 0 radical (unpaired) electrons. The summed E-state index contributed by atoms with van der Waals surface area (Å²) in [4.78, 5) is 28.0. The van der Waals surface area contributed by atoms with Crippen LogP contribution in [0.1, 0.15) is 66.1 Å². The lowest BCUT2D eigenvalue weighted by Crippen LogP contribution is -2.43. The van der Waals surface area contributed by atoms with Crippen molar-refractivity contribution in [1.29, 1.82) is 0 Å². The lowest BCUT2D eigenvalue weighted by Gasteiger charge is -2.31. The van der Waals surface area contributed by atoms with E-state index in [0.717, 1.165) is 24.1 Å². The quantitative estimate of drug-likeness (QED) is 0.343. The normalized spacial score (nSPS) is 23.8. The molecule has 3 aromatic rings. The minimum absolute atomic E-state index is 0.0179. The van der Waals surface area contributed by atoms with Crippen molar-refractivity contribution >= 4 is 50.7 Å². The van der Waals surface area contributed by atoms with E-state index >= 15 is 0 Å². The van der Waals surface area contributed by atoms with Crippen LogP contribution in [-0.2, 0) is 30.9 Å². The number of piperidine rings is 1. The lowest BCUT2D eigenvalue weighted by molar-refractivity contribution is -0.126. The van der Waals surface area contributed by atoms with Crippen molar-refractivity contribution < 1.29 is 27.5 Å². The highest BCUT2D eigenvalue weighted by molar-refractivity contribution is 7.90. The molecule has 3 atom stereocenters. The molecule has 2 saturated carbocycles. The number of hydrogen-bond donors (Lipinski definition) is 1. The molecule has 2 aliphatic heterocycles. The number of nitrogens with zero attached hydrogens (tertiary/aromatic N) is 3. The Morgan fingerprint density at radius 3 is 2.39 bits per heavy atom. The van der Waals surface area contributed by atoms with Crippen molar-refractivity contribution in [2.24, 2.45) is 5.92 Å². The van der Waals surface area contributed by atoms with Gasteiger partial charge in [-0.1, -0.05) is 29.3 Å². The first-order valence-corrected chi connectivity index (χ1v) is 17.2. The number of carbonyl (C=O) groups excluding carboxylic acids is 2. The van der Waals surface area contributed by atoms with E-state index in [-0.39, 0.29) is 36.1 Å². The molecule has 2 bridgehead atoms. The van der Waals surface area contributed by atoms with E-state index in [0.29, 0.717) is 66.2 Å². The third kappa shape index (κ3) is 5.53. The summed E-state index contributed by atoms with van der Waals surface area (Å²) in [7, 11) is -3.80. The second-order valence-electron chi connectivity index (χ2n) is 11.9. The van der Waals surface area contributed by atoms with Crippen LogP contribution in [0.4, 0.5) is 5.69 Å². The van der Waals surface area contributed by atoms with Gasteiger partial charge in [0.2, 0.25) is 15.9 Å². The van der Waals surface area contributed by atoms with Gasteiger partial charge >= 0.3 is 0 Å². The summed E-state index contributed by atoms with van der Waals surface area (Å²) in [5.41, 5.74) is 3.54. The number of hydrogen-bond acceptors (Lipinski definition) is 7. The number of benzene rings is 2. The van der Waals surface area contributed by atoms with Gasteiger partial charge in [-0.3, -0.25) is 9.59 Å². The van der Waals surface area contributed by atoms with Crippen LogP contribution in [0.15, 0.2) is 48.7 Å². The molecule has 3 heterocycles. The van der Waals surface area contributed by atoms with Gasteiger partial charge in [-0.25, -0.2) is 17.8 Å². The van der Waals surface area contributed by atoms with Crippen molar-refractivity contribution in [2.75, 3.05) is 18.1 Å². The molecule has 0 spiro atoms. The summed E-state index contributed by atoms with van der Waals surface area (Å²) in [6, 6.07) is 11.8. The minimum Gasteiger partial charge on any atom is -0.381 e. The zero-order chi connectivity index (χ0) is 30.6. The Balaban J connectivity index is 1.01. The van der Waals surface area contributed by atoms with Gasteiger partial charge in [0.1, 0.15) is 5.69 Å². The molecule has 4 aliphatic rings. The maximum atomic E-state index is 13.5. The Kier molecular flexibility index (Phi) is 7.95. The Labute approximate surface area is 265 Å². The highest BCUT2D eigenvalue weighted by Crippen LogP contribution is 2.45. The van der Waals surface area contributed by atoms with Gasteiger partial charge in [0.05, 0.1) is 45.8 Å². The minimum atomic E-state index is -3.80. The van der Waals surface area contributed by atoms with Crippen LogP contribution in [0.2, 0.25) is 10.0 Å². The van der Waals surface area contributed by atoms with Crippen LogP contribution in [0.5, 0.6) is 0 Å². The first-order chi connectivity index (χ1) is 21.2. The van der Waals surface area contributed by atoms with Crippen molar-refractivity contribution in [3.63, 3.8) is 0 Å². The monoisotopic (exact) mass is 658 g/mol. The fraction of sp³-hybridized carbons (Fsp3) is 0.452. The van der Waals surface area contributed by atoms with Gasteiger partial charge in [0.15, 0.2) is 0 Å². The van der Waals surface area contributed by atoms with E-state index in [1.54, 1.807) is 52.0 Å². The smallest absolute Gasteiger partial charge is 0.264 e. The molecule has 1 N–H and O–H groups in total. The molecule has 7 rings (SSSR count). The predicted octanol–water partition coefficient (Wildman–Crippen LogP) is 5.01. The second-order valence-corrected chi connectivity index (χ2v) is 14.7. The maximum Gasteiger partial charge on any atom is 0.264 e. The zero-order valence-electron chi connectivity index (χ0n) is 23.8. The summed E-state index contributed by atoms with van der Waals surface area (Å²) >= 11 is 13.0. The van der Waals surface area contributed by atoms with Crippen LogP contribution in [0, 0.1) is 5.92 Å². The number of para-hydroxylation sites is 1. The van der Waals surface area contributed by atoms with E-state index in [9.17, 15) is 18.0 Å². The standard InChI is InChI=1S/C31H32Cl2N4O6S/c32-25-2-1-3-26(33)29(25)37-27(24(16-34-37)18-4-5-18)17-43-28-15-21-14-23(28)31(39)36(21)20-8-6-19(7-9-20)30(38)35-44(40,41)22-10-12-42-13-11-22/h1-3,6-9,16,18,21-23,28H,4-5,10-15,17H2,(H,35,38)/t21-,23+,28-/m0/s1. The summed E-state index contributed by atoms with van der Waals surface area (Å²) < 4.78 is 40.9. The van der Waals surface area contributed by atoms with Crippen LogP contribution in [0.25, 0.3) is 5.69 Å². The maximum absolute atomic E-state index is 13.5. The topological polar surface area (TPSA) is 120 Å². The SMILES string of the molecule is O=C(NS(=O)(=O)C1CCOCC1)c1ccc(N2C(=O)[C@@H]3C[C@H]2C[C@@H]3OCc2c(C3CC3)cnn2-c2c(Cl)cccc2Cl)cc1. The molecule has 4 fully saturated rings. The molecule has 44 heavy (non-hydrogen) atoms. The number of carbonyl (C=O) groups is 2. The predicted molar refractivity (Wildman–Crippen MR) is 165 cm³/mol. The number of amides is 2. The van der Waals surface area contributed by atoms with Gasteiger partial charge in [-0.05, 0) is 86.4 Å². The first-order valence-electron chi connectivity index (χ1n) is 14.9. The zero-order valence-corrected chi connectivity index (χ0v) is 26.2. The molecule has 2 aliphatic carbocycles. The Morgan fingerprint density at radius 2 is 1.73 bits per heavy atom. The molecular formula is C31H32Cl2N4O6S. The van der Waals surface area contributed by atoms with Gasteiger partial charge in [0, 0.05) is 30.5 Å². The van der Waals surface area contributed by atoms with E-state index in [1.807, 2.05) is 6.20 Å². The van der Waals surface area contributed by atoms with Gasteiger partial charge in [-0.2, -0.15) is 5.10 Å². The third-order valence-corrected chi connectivity index (χ3v) is 11.6. The fourth-order valence-corrected chi connectivity index (χ4v) is 8.61. The molecule has 2 amide bonds. The van der Waals surface area contributed by atoms with Crippen molar-refractivity contribution in [3.8, 4) is 5.69 Å². The number of sulfonamides is 1. The second kappa shape index (κ2) is 11.8. The number of ether oxygens (including phenoxy) is 2. The molecule has 2 aromatic carbocycles. The van der Waals surface area contributed by atoms with Gasteiger partial charge < -0.3 is 14.4 Å². The van der Waals surface area contributed by atoms with Gasteiger partial charge in [0.25, 0.3) is 5.91 Å². The van der Waals surface area contributed by atoms with Crippen molar-refractivity contribution in [2.45, 2.75) is 68.4 Å². The summed E-state index contributed by atoms with van der Waals surface area (Å²) in [6.45, 7) is 1.00. The summed E-state index contributed by atoms with van der Waals surface area (Å²) in [5.74, 6) is -0.547. The largest absolute Gasteiger partial charge is 0.381 e. The van der Waals surface area contributed by atoms with Crippen molar-refractivity contribution in [1.82, 2.24) is 14.5 Å². The number of rotatable bonds is 9. The molecule has 232 valence electrons. The van der Waals surface area contributed by atoms with E-state index < -0.39 is 21.2 Å². The molecule has 2 saturated heterocycles. The molecular weight excluding hydrogens is 627 g/mol. The Bertz CT molecular complexity index is 1680. The van der Waals surface area contributed by atoms with E-state index in [2.05, 4.69) is 9.82 Å². The summed E-state index contributed by atoms with van der Waals surface area (Å²) in [5, 5.41) is 4.97. The Hall–Kier alpha value is -2.96. The molecule has 1 aromatic heterocycles. The average molecular weight is 660 g/mol. The van der Waals surface area contributed by atoms with Crippen LogP contribution in [-0.4, -0.2) is 60.6 Å². The fourth-order valence-electron chi connectivity index (χ4n) is 6.69. The summed E-state index contributed by atoms with van der Waals surface area (Å²) in [6.07, 6.45) is 5.91. The number of fused-ring (bicyclic) bond motifs is 2. The van der Waals surface area contributed by atoms with Crippen LogP contribution in [0.3, 0.4) is 0 Å². The van der Waals surface area contributed by atoms with Crippen LogP contribution >= 0.6 is 23.2 Å². The number of nitrogens with one attached hydrogen (secondary N) is 1. The van der Waals surface area contributed by atoms with Crippen molar-refractivity contribution in [3.05, 3.63) is 75.5 Å². The Morgan fingerprint density at radius 1 is 1.02 bits per heavy atom. The van der Waals surface area contributed by atoms with E-state index in [1.165, 1.54) is 0 Å². The van der Waals surface area contributed by atoms with Gasteiger partial charge in [-0.15, -0.1) is 0 Å². The lowest BCUT2D eigenvalue weighted by atomic mass is 10.0. The average Bonchev–Trinajstić information content (AvgIpc) is 3.52. The van der Waals surface area contributed by atoms with E-state index in [4.69, 9.17) is 32.7 Å². The molecule has 0 unspecified atom stereocenters. The van der Waals surface area contributed by atoms with Crippen LogP contribution < -0.4 is 9.62 Å².